The highest BCUT2D eigenvalue weighted by Crippen LogP contribution is 2.19. The van der Waals surface area contributed by atoms with Gasteiger partial charge < -0.3 is 11.1 Å². The van der Waals surface area contributed by atoms with E-state index in [0.717, 1.165) is 5.56 Å². The van der Waals surface area contributed by atoms with E-state index < -0.39 is 10.0 Å². The summed E-state index contributed by atoms with van der Waals surface area (Å²) < 4.78 is 24.6. The van der Waals surface area contributed by atoms with E-state index in [0.29, 0.717) is 48.1 Å². The van der Waals surface area contributed by atoms with Crippen molar-refractivity contribution >= 4 is 38.9 Å². The summed E-state index contributed by atoms with van der Waals surface area (Å²) in [4.78, 5) is 9.25. The molecule has 1 aromatic heterocycles. The third-order valence-corrected chi connectivity index (χ3v) is 6.11. The molecule has 0 unspecified atom stereocenters. The van der Waals surface area contributed by atoms with Crippen molar-refractivity contribution in [2.45, 2.75) is 18.9 Å². The second kappa shape index (κ2) is 7.65. The van der Waals surface area contributed by atoms with Gasteiger partial charge in [-0.1, -0.05) is 42.5 Å². The summed E-state index contributed by atoms with van der Waals surface area (Å²) in [6.45, 7) is 0.977. The first-order valence-corrected chi connectivity index (χ1v) is 10.5. The van der Waals surface area contributed by atoms with E-state index in [2.05, 4.69) is 15.3 Å². The maximum Gasteiger partial charge on any atom is 0.224 e. The van der Waals surface area contributed by atoms with Crippen LogP contribution in [0.1, 0.15) is 24.0 Å². The lowest BCUT2D eigenvalue weighted by molar-refractivity contribution is 0.331. The normalized spacial score (nSPS) is 16.3. The molecular formula is C17H21N5O2S2. The fraction of sp³-hybridized carbons (Fsp3) is 0.353. The van der Waals surface area contributed by atoms with Crippen molar-refractivity contribution in [2.75, 3.05) is 30.4 Å². The van der Waals surface area contributed by atoms with Gasteiger partial charge in [0.15, 0.2) is 0 Å². The second-order valence-electron chi connectivity index (χ2n) is 6.27. The fourth-order valence-corrected chi connectivity index (χ4v) is 4.07. The number of sulfonamides is 1. The Hall–Kier alpha value is -2.10. The first-order valence-electron chi connectivity index (χ1n) is 8.28. The molecule has 0 radical (unpaired) electrons. The molecule has 0 saturated carbocycles. The zero-order valence-corrected chi connectivity index (χ0v) is 16.1. The van der Waals surface area contributed by atoms with Gasteiger partial charge in [0.2, 0.25) is 16.0 Å². The zero-order valence-electron chi connectivity index (χ0n) is 14.4. The SMILES string of the molecule is CS(=O)(=O)N1CCC(Nc2ncc(C(=S)c3ccccc3)c(N)n2)CC1. The van der Waals surface area contributed by atoms with Crippen molar-refractivity contribution in [3.05, 3.63) is 47.7 Å². The van der Waals surface area contributed by atoms with Crippen molar-refractivity contribution in [2.24, 2.45) is 0 Å². The quantitative estimate of drug-likeness (QED) is 0.590. The van der Waals surface area contributed by atoms with Crippen LogP contribution in [0.15, 0.2) is 36.5 Å². The van der Waals surface area contributed by atoms with Crippen LogP contribution in [0.2, 0.25) is 0 Å². The molecule has 3 rings (SSSR count). The van der Waals surface area contributed by atoms with E-state index in [1.807, 2.05) is 30.3 Å². The van der Waals surface area contributed by atoms with Gasteiger partial charge in [-0.3, -0.25) is 0 Å². The third-order valence-electron chi connectivity index (χ3n) is 4.36. The van der Waals surface area contributed by atoms with Gasteiger partial charge in [-0.2, -0.15) is 4.98 Å². The number of piperidine rings is 1. The van der Waals surface area contributed by atoms with Gasteiger partial charge in [-0.15, -0.1) is 0 Å². The van der Waals surface area contributed by atoms with Crippen molar-refractivity contribution in [1.29, 1.82) is 0 Å². The van der Waals surface area contributed by atoms with Gasteiger partial charge in [0.1, 0.15) is 5.82 Å². The monoisotopic (exact) mass is 391 g/mol. The summed E-state index contributed by atoms with van der Waals surface area (Å²) in [5.41, 5.74) is 7.60. The molecule has 26 heavy (non-hydrogen) atoms. The molecule has 1 aliphatic rings. The molecule has 0 aliphatic carbocycles. The Morgan fingerprint density at radius 2 is 1.92 bits per heavy atom. The highest BCUT2D eigenvalue weighted by atomic mass is 32.2. The molecule has 3 N–H and O–H groups in total. The minimum absolute atomic E-state index is 0.110. The van der Waals surface area contributed by atoms with Crippen molar-refractivity contribution in [1.82, 2.24) is 14.3 Å². The first kappa shape index (κ1) is 18.7. The van der Waals surface area contributed by atoms with E-state index in [1.54, 1.807) is 6.20 Å². The predicted octanol–water partition coefficient (Wildman–Crippen LogP) is 1.66. The molecule has 1 aliphatic heterocycles. The highest BCUT2D eigenvalue weighted by molar-refractivity contribution is 7.88. The lowest BCUT2D eigenvalue weighted by Crippen LogP contribution is -2.42. The molecule has 7 nitrogen and oxygen atoms in total. The van der Waals surface area contributed by atoms with Crippen LogP contribution in [0, 0.1) is 0 Å². The molecule has 138 valence electrons. The maximum absolute atomic E-state index is 11.6. The third kappa shape index (κ3) is 4.35. The highest BCUT2D eigenvalue weighted by Gasteiger charge is 2.25. The topological polar surface area (TPSA) is 101 Å². The van der Waals surface area contributed by atoms with Gasteiger partial charge in [0.25, 0.3) is 0 Å². The number of hydrogen-bond donors (Lipinski definition) is 2. The van der Waals surface area contributed by atoms with Gasteiger partial charge in [0, 0.05) is 25.3 Å². The Balaban J connectivity index is 1.66. The Kier molecular flexibility index (Phi) is 5.49. The zero-order chi connectivity index (χ0) is 18.7. The smallest absolute Gasteiger partial charge is 0.224 e. The molecule has 2 aromatic rings. The van der Waals surface area contributed by atoms with Crippen LogP contribution < -0.4 is 11.1 Å². The van der Waals surface area contributed by atoms with E-state index in [1.165, 1.54) is 10.6 Å². The molecule has 0 atom stereocenters. The molecular weight excluding hydrogens is 370 g/mol. The number of nitrogens with two attached hydrogens (primary N) is 1. The number of hydrogen-bond acceptors (Lipinski definition) is 7. The first-order chi connectivity index (χ1) is 12.3. The van der Waals surface area contributed by atoms with Crippen LogP contribution in [0.5, 0.6) is 0 Å². The number of thiocarbonyl (C=S) groups is 1. The Morgan fingerprint density at radius 1 is 1.27 bits per heavy atom. The average Bonchev–Trinajstić information content (AvgIpc) is 2.62. The number of benzene rings is 1. The van der Waals surface area contributed by atoms with Gasteiger partial charge in [-0.25, -0.2) is 17.7 Å². The summed E-state index contributed by atoms with van der Waals surface area (Å²) >= 11 is 5.48. The van der Waals surface area contributed by atoms with E-state index >= 15 is 0 Å². The van der Waals surface area contributed by atoms with Gasteiger partial charge >= 0.3 is 0 Å². The number of aromatic nitrogens is 2. The summed E-state index contributed by atoms with van der Waals surface area (Å²) in [5.74, 6) is 0.754. The fourth-order valence-electron chi connectivity index (χ4n) is 2.90. The summed E-state index contributed by atoms with van der Waals surface area (Å²) in [6.07, 6.45) is 4.26. The predicted molar refractivity (Wildman–Crippen MR) is 107 cm³/mol. The molecule has 9 heteroatoms. The molecule has 0 amide bonds. The lowest BCUT2D eigenvalue weighted by Gasteiger charge is -2.30. The van der Waals surface area contributed by atoms with Crippen LogP contribution in [-0.2, 0) is 10.0 Å². The van der Waals surface area contributed by atoms with Crippen LogP contribution in [-0.4, -0.2) is 52.9 Å². The molecule has 0 spiro atoms. The van der Waals surface area contributed by atoms with Crippen molar-refractivity contribution in [3.63, 3.8) is 0 Å². The second-order valence-corrected chi connectivity index (χ2v) is 8.66. The minimum Gasteiger partial charge on any atom is -0.383 e. The van der Waals surface area contributed by atoms with Crippen molar-refractivity contribution in [3.8, 4) is 0 Å². The van der Waals surface area contributed by atoms with Crippen LogP contribution in [0.4, 0.5) is 11.8 Å². The Morgan fingerprint density at radius 3 is 2.50 bits per heavy atom. The number of rotatable bonds is 5. The number of nitrogens with one attached hydrogen (secondary N) is 1. The van der Waals surface area contributed by atoms with Crippen molar-refractivity contribution < 1.29 is 8.42 Å². The summed E-state index contributed by atoms with van der Waals surface area (Å²) in [6, 6.07) is 9.70. The molecule has 1 saturated heterocycles. The minimum atomic E-state index is -3.13. The Bertz CT molecular complexity index is 895. The molecule has 2 heterocycles. The van der Waals surface area contributed by atoms with Crippen LogP contribution in [0.25, 0.3) is 0 Å². The largest absolute Gasteiger partial charge is 0.383 e. The Labute approximate surface area is 158 Å². The van der Waals surface area contributed by atoms with E-state index in [9.17, 15) is 8.42 Å². The van der Waals surface area contributed by atoms with Crippen LogP contribution >= 0.6 is 12.2 Å². The standard InChI is InChI=1S/C17H21N5O2S2/c1-26(23,24)22-9-7-13(8-10-22)20-17-19-11-14(16(18)21-17)15(25)12-5-3-2-4-6-12/h2-6,11,13H,7-10H2,1H3,(H3,18,19,20,21). The summed E-state index contributed by atoms with van der Waals surface area (Å²) in [5, 5.41) is 3.23. The van der Waals surface area contributed by atoms with Crippen LogP contribution in [0.3, 0.4) is 0 Å². The molecule has 0 bridgehead atoms. The molecule has 1 aromatic carbocycles. The van der Waals surface area contributed by atoms with Gasteiger partial charge in [0.05, 0.1) is 16.7 Å². The summed E-state index contributed by atoms with van der Waals surface area (Å²) in [7, 11) is -3.13. The van der Waals surface area contributed by atoms with Gasteiger partial charge in [-0.05, 0) is 18.4 Å². The van der Waals surface area contributed by atoms with E-state index in [4.69, 9.17) is 18.0 Å². The molecule has 1 fully saturated rings. The average molecular weight is 392 g/mol. The number of nitrogen functional groups attached to an aromatic ring is 1. The maximum atomic E-state index is 11.6. The lowest BCUT2D eigenvalue weighted by atomic mass is 10.1. The van der Waals surface area contributed by atoms with E-state index in [-0.39, 0.29) is 6.04 Å². The number of anilines is 2. The number of nitrogens with zero attached hydrogens (tertiary/aromatic N) is 3.